The van der Waals surface area contributed by atoms with Gasteiger partial charge in [0.25, 0.3) is 0 Å². The monoisotopic (exact) mass is 243 g/mol. The van der Waals surface area contributed by atoms with Gasteiger partial charge in [0.05, 0.1) is 12.3 Å². The van der Waals surface area contributed by atoms with Crippen molar-refractivity contribution in [3.05, 3.63) is 41.5 Å². The van der Waals surface area contributed by atoms with Crippen LogP contribution in [0.4, 0.5) is 0 Å². The number of hydrogen-bond donors (Lipinski definition) is 0. The maximum absolute atomic E-state index is 5.44. The molecule has 94 valence electrons. The van der Waals surface area contributed by atoms with Gasteiger partial charge in [-0.05, 0) is 43.5 Å². The van der Waals surface area contributed by atoms with E-state index in [1.165, 1.54) is 11.1 Å². The molecule has 0 amide bonds. The molecule has 0 saturated carbocycles. The van der Waals surface area contributed by atoms with E-state index >= 15 is 0 Å². The molecule has 3 rings (SSSR count). The Labute approximate surface area is 107 Å². The molecule has 2 heterocycles. The number of rotatable bonds is 2. The molecule has 1 fully saturated rings. The third-order valence-corrected chi connectivity index (χ3v) is 3.32. The highest BCUT2D eigenvalue weighted by Gasteiger charge is 2.23. The molecule has 1 aromatic carbocycles. The van der Waals surface area contributed by atoms with Crippen LogP contribution < -0.4 is 0 Å². The Hall–Kier alpha value is -1.68. The lowest BCUT2D eigenvalue weighted by molar-refractivity contribution is 0.193. The average molecular weight is 243 g/mol. The number of benzene rings is 1. The number of aromatic nitrogens is 3. The van der Waals surface area contributed by atoms with E-state index in [4.69, 9.17) is 4.74 Å². The Morgan fingerprint density at radius 2 is 2.00 bits per heavy atom. The van der Waals surface area contributed by atoms with Gasteiger partial charge >= 0.3 is 0 Å². The van der Waals surface area contributed by atoms with Crippen LogP contribution in [0.15, 0.2) is 24.5 Å². The lowest BCUT2D eigenvalue weighted by Gasteiger charge is -2.11. The Morgan fingerprint density at radius 1 is 1.22 bits per heavy atom. The molecule has 1 aromatic heterocycles. The van der Waals surface area contributed by atoms with E-state index in [1.807, 2.05) is 4.68 Å². The maximum Gasteiger partial charge on any atom is 0.138 e. The number of nitrogens with zero attached hydrogens (tertiary/aromatic N) is 3. The minimum Gasteiger partial charge on any atom is -0.381 e. The highest BCUT2D eigenvalue weighted by molar-refractivity contribution is 5.39. The fourth-order valence-corrected chi connectivity index (χ4v) is 2.54. The van der Waals surface area contributed by atoms with Gasteiger partial charge in [-0.15, -0.1) is 0 Å². The summed E-state index contributed by atoms with van der Waals surface area (Å²) >= 11 is 0. The summed E-state index contributed by atoms with van der Waals surface area (Å²) in [7, 11) is 0. The fourth-order valence-electron chi connectivity index (χ4n) is 2.54. The van der Waals surface area contributed by atoms with Gasteiger partial charge in [0.2, 0.25) is 0 Å². The van der Waals surface area contributed by atoms with Gasteiger partial charge in [-0.1, -0.05) is 6.07 Å². The zero-order valence-electron chi connectivity index (χ0n) is 10.8. The van der Waals surface area contributed by atoms with E-state index in [-0.39, 0.29) is 0 Å². The van der Waals surface area contributed by atoms with Crippen LogP contribution >= 0.6 is 0 Å². The summed E-state index contributed by atoms with van der Waals surface area (Å²) in [6.45, 7) is 5.78. The summed E-state index contributed by atoms with van der Waals surface area (Å²) in [4.78, 5) is 4.41. The molecule has 1 atom stereocenters. The Balaban J connectivity index is 2.03. The zero-order chi connectivity index (χ0) is 12.5. The summed E-state index contributed by atoms with van der Waals surface area (Å²) in [5.74, 6) is 1.38. The molecule has 0 bridgehead atoms. The zero-order valence-corrected chi connectivity index (χ0v) is 10.8. The molecule has 1 unspecified atom stereocenters. The standard InChI is InChI=1S/C14H17N3O/c1-10-5-11(2)7-13(6-10)17-14(15-9-16-17)12-3-4-18-8-12/h5-7,9,12H,3-4,8H2,1-2H3. The Bertz CT molecular complexity index is 536. The van der Waals surface area contributed by atoms with Gasteiger partial charge in [-0.2, -0.15) is 5.10 Å². The van der Waals surface area contributed by atoms with Crippen LogP contribution in [0.25, 0.3) is 5.69 Å². The van der Waals surface area contributed by atoms with Crippen molar-refractivity contribution >= 4 is 0 Å². The molecule has 18 heavy (non-hydrogen) atoms. The van der Waals surface area contributed by atoms with E-state index in [0.29, 0.717) is 5.92 Å². The lowest BCUT2D eigenvalue weighted by atomic mass is 10.1. The van der Waals surface area contributed by atoms with Gasteiger partial charge in [0, 0.05) is 12.5 Å². The summed E-state index contributed by atoms with van der Waals surface area (Å²) in [6.07, 6.45) is 2.66. The Kier molecular flexibility index (Phi) is 2.88. The predicted molar refractivity (Wildman–Crippen MR) is 69.0 cm³/mol. The van der Waals surface area contributed by atoms with Gasteiger partial charge < -0.3 is 4.74 Å². The van der Waals surface area contributed by atoms with Crippen LogP contribution in [0.1, 0.15) is 29.3 Å². The number of ether oxygens (including phenoxy) is 1. The molecule has 1 aliphatic rings. The van der Waals surface area contributed by atoms with Gasteiger partial charge in [-0.3, -0.25) is 0 Å². The van der Waals surface area contributed by atoms with Crippen molar-refractivity contribution < 1.29 is 4.74 Å². The highest BCUT2D eigenvalue weighted by atomic mass is 16.5. The van der Waals surface area contributed by atoms with Crippen molar-refractivity contribution in [2.75, 3.05) is 13.2 Å². The van der Waals surface area contributed by atoms with Crippen LogP contribution in [0.2, 0.25) is 0 Å². The molecule has 0 spiro atoms. The van der Waals surface area contributed by atoms with Crippen molar-refractivity contribution in [2.24, 2.45) is 0 Å². The first kappa shape index (κ1) is 11.4. The first-order valence-electron chi connectivity index (χ1n) is 6.30. The van der Waals surface area contributed by atoms with Crippen LogP contribution in [-0.4, -0.2) is 28.0 Å². The van der Waals surface area contributed by atoms with Crippen molar-refractivity contribution in [2.45, 2.75) is 26.2 Å². The second-order valence-electron chi connectivity index (χ2n) is 4.94. The van der Waals surface area contributed by atoms with Gasteiger partial charge in [0.1, 0.15) is 12.2 Å². The molecular formula is C14H17N3O. The van der Waals surface area contributed by atoms with Gasteiger partial charge in [-0.25, -0.2) is 9.67 Å². The summed E-state index contributed by atoms with van der Waals surface area (Å²) in [5.41, 5.74) is 3.58. The second kappa shape index (κ2) is 4.53. The van der Waals surface area contributed by atoms with Gasteiger partial charge in [0.15, 0.2) is 0 Å². The van der Waals surface area contributed by atoms with E-state index < -0.39 is 0 Å². The largest absolute Gasteiger partial charge is 0.381 e. The normalized spacial score (nSPS) is 19.3. The lowest BCUT2D eigenvalue weighted by Crippen LogP contribution is -2.09. The molecule has 1 saturated heterocycles. The number of aryl methyl sites for hydroxylation is 2. The smallest absolute Gasteiger partial charge is 0.138 e. The third-order valence-electron chi connectivity index (χ3n) is 3.32. The summed E-state index contributed by atoms with van der Waals surface area (Å²) < 4.78 is 7.38. The molecule has 2 aromatic rings. The topological polar surface area (TPSA) is 39.9 Å². The average Bonchev–Trinajstić information content (AvgIpc) is 2.98. The minimum atomic E-state index is 0.369. The van der Waals surface area contributed by atoms with Crippen molar-refractivity contribution in [3.63, 3.8) is 0 Å². The predicted octanol–water partition coefficient (Wildman–Crippen LogP) is 2.39. The van der Waals surface area contributed by atoms with Crippen LogP contribution in [0.5, 0.6) is 0 Å². The van der Waals surface area contributed by atoms with E-state index in [0.717, 1.165) is 31.1 Å². The molecule has 0 N–H and O–H groups in total. The first-order valence-corrected chi connectivity index (χ1v) is 6.30. The van der Waals surface area contributed by atoms with Crippen LogP contribution in [-0.2, 0) is 4.74 Å². The quantitative estimate of drug-likeness (QED) is 0.813. The molecule has 1 aliphatic heterocycles. The summed E-state index contributed by atoms with van der Waals surface area (Å²) in [6, 6.07) is 6.45. The van der Waals surface area contributed by atoms with E-state index in [1.54, 1.807) is 6.33 Å². The maximum atomic E-state index is 5.44. The third kappa shape index (κ3) is 2.04. The molecule has 0 radical (unpaired) electrons. The summed E-state index contributed by atoms with van der Waals surface area (Å²) in [5, 5.41) is 4.36. The highest BCUT2D eigenvalue weighted by Crippen LogP contribution is 2.25. The second-order valence-corrected chi connectivity index (χ2v) is 4.94. The van der Waals surface area contributed by atoms with Crippen LogP contribution in [0, 0.1) is 13.8 Å². The molecule has 0 aliphatic carbocycles. The minimum absolute atomic E-state index is 0.369. The molecule has 4 nitrogen and oxygen atoms in total. The fraction of sp³-hybridized carbons (Fsp3) is 0.429. The van der Waals surface area contributed by atoms with E-state index in [9.17, 15) is 0 Å². The number of hydrogen-bond acceptors (Lipinski definition) is 3. The van der Waals surface area contributed by atoms with Crippen LogP contribution in [0.3, 0.4) is 0 Å². The first-order chi connectivity index (χ1) is 8.74. The van der Waals surface area contributed by atoms with E-state index in [2.05, 4.69) is 42.1 Å². The Morgan fingerprint density at radius 3 is 2.67 bits per heavy atom. The van der Waals surface area contributed by atoms with Crippen molar-refractivity contribution in [1.82, 2.24) is 14.8 Å². The van der Waals surface area contributed by atoms with Crippen molar-refractivity contribution in [3.8, 4) is 5.69 Å². The molecular weight excluding hydrogens is 226 g/mol. The van der Waals surface area contributed by atoms with Crippen molar-refractivity contribution in [1.29, 1.82) is 0 Å². The molecule has 4 heteroatoms. The SMILES string of the molecule is Cc1cc(C)cc(-n2ncnc2C2CCOC2)c1.